The van der Waals surface area contributed by atoms with E-state index in [4.69, 9.17) is 15.4 Å². The van der Waals surface area contributed by atoms with E-state index in [-0.39, 0.29) is 5.75 Å². The Balaban J connectivity index is 2.12. The Hall–Kier alpha value is -1.46. The second kappa shape index (κ2) is 4.09. The van der Waals surface area contributed by atoms with Crippen LogP contribution in [-0.2, 0) is 24.1 Å². The number of hydrogen-bond acceptors (Lipinski definition) is 5. The fourth-order valence-electron chi connectivity index (χ4n) is 2.61. The minimum absolute atomic E-state index is 0.252. The van der Waals surface area contributed by atoms with E-state index >= 15 is 0 Å². The van der Waals surface area contributed by atoms with Gasteiger partial charge in [-0.3, -0.25) is 0 Å². The average molecular weight is 237 g/mol. The highest BCUT2D eigenvalue weighted by atomic mass is 16.6. The summed E-state index contributed by atoms with van der Waals surface area (Å²) < 4.78 is 11.1. The Kier molecular flexibility index (Phi) is 2.57. The fourth-order valence-corrected chi connectivity index (χ4v) is 2.61. The third-order valence-electron chi connectivity index (χ3n) is 3.35. The van der Waals surface area contributed by atoms with E-state index in [1.165, 1.54) is 0 Å². The number of aromatic hydroxyl groups is 1. The first-order valence-electron chi connectivity index (χ1n) is 5.79. The van der Waals surface area contributed by atoms with Crippen molar-refractivity contribution in [1.29, 1.82) is 0 Å². The predicted octanol–water partition coefficient (Wildman–Crippen LogP) is 0.695. The zero-order valence-electron chi connectivity index (χ0n) is 9.49. The lowest BCUT2D eigenvalue weighted by Gasteiger charge is -2.14. The van der Waals surface area contributed by atoms with Crippen molar-refractivity contribution in [2.75, 3.05) is 19.8 Å². The second-order valence-electron chi connectivity index (χ2n) is 4.26. The molecule has 2 heterocycles. The van der Waals surface area contributed by atoms with Crippen LogP contribution in [0.3, 0.4) is 0 Å². The number of fused-ring (bicyclic) bond motifs is 2. The smallest absolute Gasteiger partial charge is 0.165 e. The van der Waals surface area contributed by atoms with Crippen molar-refractivity contribution in [3.63, 3.8) is 0 Å². The summed E-state index contributed by atoms with van der Waals surface area (Å²) in [7, 11) is 0. The molecule has 17 heavy (non-hydrogen) atoms. The van der Waals surface area contributed by atoms with E-state index in [9.17, 15) is 5.11 Å². The number of rotatable bonds is 3. The van der Waals surface area contributed by atoms with Crippen molar-refractivity contribution >= 4 is 0 Å². The van der Waals surface area contributed by atoms with Crippen molar-refractivity contribution < 1.29 is 19.4 Å². The Morgan fingerprint density at radius 3 is 2.59 bits per heavy atom. The first-order chi connectivity index (χ1) is 8.33. The topological polar surface area (TPSA) is 73.9 Å². The lowest BCUT2D eigenvalue weighted by atomic mass is 9.96. The van der Waals surface area contributed by atoms with E-state index in [0.29, 0.717) is 32.0 Å². The van der Waals surface area contributed by atoms with E-state index in [0.717, 1.165) is 35.3 Å². The maximum Gasteiger partial charge on any atom is 0.165 e. The molecule has 3 N–H and O–H groups in total. The number of phenols is 1. The molecule has 0 saturated heterocycles. The van der Waals surface area contributed by atoms with Crippen LogP contribution in [0.2, 0.25) is 0 Å². The summed E-state index contributed by atoms with van der Waals surface area (Å²) in [6.45, 7) is 1.66. The lowest BCUT2D eigenvalue weighted by molar-refractivity contribution is 0.140. The molecule has 5 heteroatoms. The fraction of sp³-hybridized carbons (Fsp3) is 0.500. The minimum atomic E-state index is 0.252. The third-order valence-corrected chi connectivity index (χ3v) is 3.35. The molecule has 0 spiro atoms. The van der Waals surface area contributed by atoms with Gasteiger partial charge in [0.05, 0.1) is 19.8 Å². The van der Waals surface area contributed by atoms with Gasteiger partial charge < -0.3 is 19.4 Å². The van der Waals surface area contributed by atoms with Gasteiger partial charge in [0.1, 0.15) is 5.75 Å². The SMILES string of the molecule is NOCCc1c2c(c(O)c3c1OCC3)OCC2. The number of benzene rings is 1. The van der Waals surface area contributed by atoms with E-state index in [2.05, 4.69) is 4.84 Å². The molecule has 0 saturated carbocycles. The number of ether oxygens (including phenoxy) is 2. The number of nitrogens with two attached hydrogens (primary N) is 1. The van der Waals surface area contributed by atoms with Gasteiger partial charge in [0.25, 0.3) is 0 Å². The van der Waals surface area contributed by atoms with Crippen LogP contribution in [0.15, 0.2) is 0 Å². The van der Waals surface area contributed by atoms with Crippen LogP contribution in [-0.4, -0.2) is 24.9 Å². The Labute approximate surface area is 99.0 Å². The van der Waals surface area contributed by atoms with E-state index in [1.54, 1.807) is 0 Å². The second-order valence-corrected chi connectivity index (χ2v) is 4.26. The molecule has 1 aromatic carbocycles. The summed E-state index contributed by atoms with van der Waals surface area (Å²) in [6, 6.07) is 0. The third kappa shape index (κ3) is 1.54. The molecule has 0 bridgehead atoms. The average Bonchev–Trinajstić information content (AvgIpc) is 2.97. The molecule has 5 nitrogen and oxygen atoms in total. The maximum absolute atomic E-state index is 10.1. The summed E-state index contributed by atoms with van der Waals surface area (Å²) in [6.07, 6.45) is 2.22. The predicted molar refractivity (Wildman–Crippen MR) is 60.3 cm³/mol. The molecule has 0 aliphatic carbocycles. The van der Waals surface area contributed by atoms with Crippen molar-refractivity contribution in [2.45, 2.75) is 19.3 Å². The number of hydrogen-bond donors (Lipinski definition) is 2. The summed E-state index contributed by atoms with van der Waals surface area (Å²) in [4.78, 5) is 4.64. The molecule has 0 aromatic heterocycles. The number of phenolic OH excluding ortho intramolecular Hbond substituents is 1. The van der Waals surface area contributed by atoms with Crippen LogP contribution in [0.5, 0.6) is 17.2 Å². The van der Waals surface area contributed by atoms with Crippen molar-refractivity contribution in [3.8, 4) is 17.2 Å². The summed E-state index contributed by atoms with van der Waals surface area (Å²) >= 11 is 0. The molecule has 0 amide bonds. The molecule has 0 unspecified atom stereocenters. The van der Waals surface area contributed by atoms with Gasteiger partial charge in [0.15, 0.2) is 11.5 Å². The summed E-state index contributed by atoms with van der Waals surface area (Å²) in [5, 5.41) is 10.1. The lowest BCUT2D eigenvalue weighted by Crippen LogP contribution is -2.06. The van der Waals surface area contributed by atoms with Gasteiger partial charge in [-0.25, -0.2) is 5.90 Å². The molecule has 92 valence electrons. The van der Waals surface area contributed by atoms with Crippen molar-refractivity contribution in [2.24, 2.45) is 5.90 Å². The van der Waals surface area contributed by atoms with Gasteiger partial charge in [-0.15, -0.1) is 0 Å². The molecule has 0 fully saturated rings. The molecule has 0 radical (unpaired) electrons. The molecule has 1 aromatic rings. The van der Waals surface area contributed by atoms with Crippen LogP contribution in [0.4, 0.5) is 0 Å². The van der Waals surface area contributed by atoms with Gasteiger partial charge in [-0.2, -0.15) is 0 Å². The first kappa shape index (κ1) is 10.7. The van der Waals surface area contributed by atoms with E-state index in [1.807, 2.05) is 0 Å². The normalized spacial score (nSPS) is 16.3. The van der Waals surface area contributed by atoms with Gasteiger partial charge in [0, 0.05) is 36.0 Å². The first-order valence-corrected chi connectivity index (χ1v) is 5.79. The molecule has 2 aliphatic heterocycles. The highest BCUT2D eigenvalue weighted by Crippen LogP contribution is 2.48. The zero-order chi connectivity index (χ0) is 11.8. The molecule has 0 atom stereocenters. The van der Waals surface area contributed by atoms with Crippen LogP contribution in [0.1, 0.15) is 16.7 Å². The van der Waals surface area contributed by atoms with Gasteiger partial charge in [-0.05, 0) is 0 Å². The Morgan fingerprint density at radius 1 is 1.12 bits per heavy atom. The monoisotopic (exact) mass is 237 g/mol. The molecular formula is C12H15NO4. The van der Waals surface area contributed by atoms with Crippen LogP contribution in [0.25, 0.3) is 0 Å². The summed E-state index contributed by atoms with van der Waals surface area (Å²) in [5.41, 5.74) is 2.98. The maximum atomic E-state index is 10.1. The van der Waals surface area contributed by atoms with E-state index < -0.39 is 0 Å². The van der Waals surface area contributed by atoms with Crippen LogP contribution >= 0.6 is 0 Å². The molecule has 3 rings (SSSR count). The largest absolute Gasteiger partial charge is 0.504 e. The highest BCUT2D eigenvalue weighted by molar-refractivity contribution is 5.64. The molecule has 2 aliphatic rings. The molecular weight excluding hydrogens is 222 g/mol. The van der Waals surface area contributed by atoms with Crippen molar-refractivity contribution in [1.82, 2.24) is 0 Å². The van der Waals surface area contributed by atoms with Gasteiger partial charge in [0.2, 0.25) is 0 Å². The Morgan fingerprint density at radius 2 is 1.82 bits per heavy atom. The van der Waals surface area contributed by atoms with Gasteiger partial charge >= 0.3 is 0 Å². The van der Waals surface area contributed by atoms with Gasteiger partial charge in [-0.1, -0.05) is 0 Å². The quantitative estimate of drug-likeness (QED) is 0.757. The zero-order valence-corrected chi connectivity index (χ0v) is 9.49. The van der Waals surface area contributed by atoms with Crippen molar-refractivity contribution in [3.05, 3.63) is 16.7 Å². The summed E-state index contributed by atoms with van der Waals surface area (Å²) in [5.74, 6) is 6.76. The standard InChI is InChI=1S/C12H15NO4/c13-17-6-3-7-8-1-4-16-12(8)10(14)9-2-5-15-11(7)9/h14H,1-6,13H2. The van der Waals surface area contributed by atoms with Crippen LogP contribution in [0, 0.1) is 0 Å². The minimum Gasteiger partial charge on any atom is -0.504 e. The Bertz CT molecular complexity index is 423. The van der Waals surface area contributed by atoms with Crippen LogP contribution < -0.4 is 15.4 Å². The highest BCUT2D eigenvalue weighted by Gasteiger charge is 2.30.